The van der Waals surface area contributed by atoms with Gasteiger partial charge in [0.05, 0.1) is 13.2 Å². The van der Waals surface area contributed by atoms with Crippen LogP contribution in [0, 0.1) is 0 Å². The quantitative estimate of drug-likeness (QED) is 0.702. The third-order valence-corrected chi connectivity index (χ3v) is 4.61. The number of carbonyl (C=O) groups excluding carboxylic acids is 1. The van der Waals surface area contributed by atoms with E-state index in [1.165, 1.54) is 11.3 Å². The number of nitrogens with one attached hydrogen (secondary N) is 2. The van der Waals surface area contributed by atoms with E-state index in [1.807, 2.05) is 14.1 Å². The molecule has 140 valence electrons. The Morgan fingerprint density at radius 3 is 2.52 bits per heavy atom. The van der Waals surface area contributed by atoms with E-state index < -0.39 is 0 Å². The number of urea groups is 1. The fraction of sp³-hybridized carbons (Fsp3) is 0.632. The van der Waals surface area contributed by atoms with Crippen molar-refractivity contribution in [3.63, 3.8) is 0 Å². The zero-order valence-corrected chi connectivity index (χ0v) is 15.8. The first-order valence-corrected chi connectivity index (χ1v) is 9.16. The molecular weight excluding hydrogens is 316 g/mol. The number of amides is 2. The Kier molecular flexibility index (Phi) is 8.01. The molecule has 1 heterocycles. The lowest BCUT2D eigenvalue weighted by atomic mass is 10.1. The molecule has 0 aliphatic carbocycles. The molecule has 2 N–H and O–H groups in total. The minimum Gasteiger partial charge on any atom is -0.379 e. The van der Waals surface area contributed by atoms with Crippen molar-refractivity contribution < 1.29 is 9.53 Å². The highest BCUT2D eigenvalue weighted by Crippen LogP contribution is 2.13. The molecule has 1 aromatic rings. The maximum Gasteiger partial charge on any atom is 0.314 e. The first-order chi connectivity index (χ1) is 12.1. The number of carbonyl (C=O) groups is 1. The fourth-order valence-electron chi connectivity index (χ4n) is 2.91. The minimum absolute atomic E-state index is 0.0805. The van der Waals surface area contributed by atoms with Gasteiger partial charge in [0.1, 0.15) is 0 Å². The molecule has 6 heteroatoms. The summed E-state index contributed by atoms with van der Waals surface area (Å²) in [6.45, 7) is 6.94. The van der Waals surface area contributed by atoms with Crippen LogP contribution in [0.1, 0.15) is 18.9 Å². The van der Waals surface area contributed by atoms with Gasteiger partial charge in [0.25, 0.3) is 0 Å². The number of ether oxygens (including phenoxy) is 1. The first-order valence-electron chi connectivity index (χ1n) is 9.16. The molecule has 1 aromatic carbocycles. The molecule has 1 aliphatic rings. The van der Waals surface area contributed by atoms with Gasteiger partial charge in [-0.2, -0.15) is 0 Å². The summed E-state index contributed by atoms with van der Waals surface area (Å²) in [6.07, 6.45) is 1.91. The van der Waals surface area contributed by atoms with Crippen molar-refractivity contribution in [1.82, 2.24) is 15.5 Å². The molecule has 0 radical (unpaired) electrons. The molecule has 1 saturated heterocycles. The number of hydrogen-bond donors (Lipinski definition) is 2. The van der Waals surface area contributed by atoms with E-state index >= 15 is 0 Å². The van der Waals surface area contributed by atoms with Crippen LogP contribution >= 0.6 is 0 Å². The van der Waals surface area contributed by atoms with Gasteiger partial charge in [0, 0.05) is 52.0 Å². The van der Waals surface area contributed by atoms with E-state index in [2.05, 4.69) is 51.6 Å². The lowest BCUT2D eigenvalue weighted by Gasteiger charge is -2.32. The van der Waals surface area contributed by atoms with Gasteiger partial charge in [-0.05, 0) is 37.5 Å². The molecule has 1 unspecified atom stereocenters. The van der Waals surface area contributed by atoms with Crippen molar-refractivity contribution in [2.75, 3.05) is 58.4 Å². The smallest absolute Gasteiger partial charge is 0.314 e. The monoisotopic (exact) mass is 348 g/mol. The molecule has 0 bridgehead atoms. The van der Waals surface area contributed by atoms with Crippen molar-refractivity contribution in [2.45, 2.75) is 25.8 Å². The van der Waals surface area contributed by atoms with Gasteiger partial charge in [0.15, 0.2) is 0 Å². The number of morpholine rings is 1. The van der Waals surface area contributed by atoms with Crippen molar-refractivity contribution in [3.8, 4) is 0 Å². The predicted octanol–water partition coefficient (Wildman–Crippen LogP) is 1.71. The van der Waals surface area contributed by atoms with Crippen molar-refractivity contribution in [2.24, 2.45) is 0 Å². The summed E-state index contributed by atoms with van der Waals surface area (Å²) in [5, 5.41) is 5.90. The van der Waals surface area contributed by atoms with Gasteiger partial charge in [-0.15, -0.1) is 0 Å². The van der Waals surface area contributed by atoms with Crippen molar-refractivity contribution in [1.29, 1.82) is 0 Å². The second kappa shape index (κ2) is 10.3. The molecule has 1 atom stereocenters. The van der Waals surface area contributed by atoms with Gasteiger partial charge in [-0.1, -0.05) is 12.1 Å². The number of aryl methyl sites for hydroxylation is 1. The van der Waals surface area contributed by atoms with E-state index in [0.29, 0.717) is 19.1 Å². The Morgan fingerprint density at radius 1 is 1.20 bits per heavy atom. The van der Waals surface area contributed by atoms with Crippen LogP contribution in [0.4, 0.5) is 10.5 Å². The van der Waals surface area contributed by atoms with Gasteiger partial charge in [-0.25, -0.2) is 4.79 Å². The normalized spacial score (nSPS) is 16.3. The molecule has 0 spiro atoms. The second-order valence-corrected chi connectivity index (χ2v) is 6.80. The standard InChI is InChI=1S/C19H32N4O2/c1-16(23-11-13-25-14-12-23)15-21-19(24)20-10-4-5-17-6-8-18(9-7-17)22(2)3/h6-9,16H,4-5,10-15H2,1-3H3,(H2,20,21,24). The summed E-state index contributed by atoms with van der Waals surface area (Å²) in [7, 11) is 4.08. The number of anilines is 1. The van der Waals surface area contributed by atoms with Crippen LogP contribution in [0.5, 0.6) is 0 Å². The van der Waals surface area contributed by atoms with Crippen LogP contribution in [0.15, 0.2) is 24.3 Å². The molecule has 2 amide bonds. The van der Waals surface area contributed by atoms with E-state index in [1.54, 1.807) is 0 Å². The van der Waals surface area contributed by atoms with E-state index in [-0.39, 0.29) is 6.03 Å². The molecular formula is C19H32N4O2. The topological polar surface area (TPSA) is 56.8 Å². The SMILES string of the molecule is CC(CNC(=O)NCCCc1ccc(N(C)C)cc1)N1CCOCC1. The number of nitrogens with zero attached hydrogens (tertiary/aromatic N) is 2. The maximum absolute atomic E-state index is 11.9. The summed E-state index contributed by atoms with van der Waals surface area (Å²) in [4.78, 5) is 16.3. The van der Waals surface area contributed by atoms with Gasteiger partial charge in [0.2, 0.25) is 0 Å². The first kappa shape index (κ1) is 19.5. The van der Waals surface area contributed by atoms with Crippen LogP contribution in [0.2, 0.25) is 0 Å². The minimum atomic E-state index is -0.0805. The van der Waals surface area contributed by atoms with E-state index in [4.69, 9.17) is 4.74 Å². The van der Waals surface area contributed by atoms with E-state index in [0.717, 1.165) is 39.1 Å². The molecule has 0 saturated carbocycles. The zero-order valence-electron chi connectivity index (χ0n) is 15.8. The number of benzene rings is 1. The van der Waals surface area contributed by atoms with Crippen molar-refractivity contribution in [3.05, 3.63) is 29.8 Å². The Bertz CT molecular complexity index is 513. The fourth-order valence-corrected chi connectivity index (χ4v) is 2.91. The Morgan fingerprint density at radius 2 is 1.88 bits per heavy atom. The average molecular weight is 348 g/mol. The summed E-state index contributed by atoms with van der Waals surface area (Å²) in [5.41, 5.74) is 2.50. The largest absolute Gasteiger partial charge is 0.379 e. The molecule has 2 rings (SSSR count). The Balaban J connectivity index is 1.57. The van der Waals surface area contributed by atoms with Crippen LogP contribution < -0.4 is 15.5 Å². The molecule has 6 nitrogen and oxygen atoms in total. The lowest BCUT2D eigenvalue weighted by molar-refractivity contribution is 0.0209. The summed E-state index contributed by atoms with van der Waals surface area (Å²) in [6, 6.07) is 8.82. The predicted molar refractivity (Wildman–Crippen MR) is 102 cm³/mol. The average Bonchev–Trinajstić information content (AvgIpc) is 2.64. The highest BCUT2D eigenvalue weighted by molar-refractivity contribution is 5.73. The van der Waals surface area contributed by atoms with Crippen LogP contribution in [0.3, 0.4) is 0 Å². The summed E-state index contributed by atoms with van der Waals surface area (Å²) < 4.78 is 5.35. The summed E-state index contributed by atoms with van der Waals surface area (Å²) in [5.74, 6) is 0. The molecule has 1 aliphatic heterocycles. The van der Waals surface area contributed by atoms with E-state index in [9.17, 15) is 4.79 Å². The Labute approximate surface area is 151 Å². The third kappa shape index (κ3) is 6.92. The third-order valence-electron chi connectivity index (χ3n) is 4.61. The number of rotatable bonds is 8. The van der Waals surface area contributed by atoms with Crippen LogP contribution in [-0.2, 0) is 11.2 Å². The maximum atomic E-state index is 11.9. The number of hydrogen-bond acceptors (Lipinski definition) is 4. The lowest BCUT2D eigenvalue weighted by Crippen LogP contribution is -2.48. The Hall–Kier alpha value is -1.79. The summed E-state index contributed by atoms with van der Waals surface area (Å²) >= 11 is 0. The van der Waals surface area contributed by atoms with Crippen LogP contribution in [-0.4, -0.2) is 70.5 Å². The molecule has 25 heavy (non-hydrogen) atoms. The van der Waals surface area contributed by atoms with Crippen LogP contribution in [0.25, 0.3) is 0 Å². The zero-order chi connectivity index (χ0) is 18.1. The van der Waals surface area contributed by atoms with Gasteiger partial charge in [-0.3, -0.25) is 4.90 Å². The second-order valence-electron chi connectivity index (χ2n) is 6.80. The highest BCUT2D eigenvalue weighted by atomic mass is 16.5. The molecule has 1 fully saturated rings. The van der Waals surface area contributed by atoms with Gasteiger partial charge >= 0.3 is 6.03 Å². The molecule has 0 aromatic heterocycles. The highest BCUT2D eigenvalue weighted by Gasteiger charge is 2.17. The van der Waals surface area contributed by atoms with Crippen molar-refractivity contribution >= 4 is 11.7 Å². The van der Waals surface area contributed by atoms with Gasteiger partial charge < -0.3 is 20.3 Å².